The molecule has 0 aliphatic rings. The summed E-state index contributed by atoms with van der Waals surface area (Å²) in [4.78, 5) is 16.8. The molecule has 271 valence electrons. The molecule has 5 rings (SSSR count). The number of nitrogens with zero attached hydrogens (tertiary/aromatic N) is 1. The van der Waals surface area contributed by atoms with Gasteiger partial charge in [0.05, 0.1) is 5.76 Å². The molecule has 1 radical (unpaired) electrons. The van der Waals surface area contributed by atoms with Crippen molar-refractivity contribution in [3.8, 4) is 11.3 Å². The average molecular weight is 891 g/mol. The van der Waals surface area contributed by atoms with Crippen LogP contribution in [0.25, 0.3) is 42.2 Å². The Labute approximate surface area is 317 Å². The Balaban J connectivity index is 0.000000323. The first-order chi connectivity index (χ1) is 23.1. The Bertz CT molecular complexity index is 1940. The van der Waals surface area contributed by atoms with E-state index in [9.17, 15) is 9.90 Å². The van der Waals surface area contributed by atoms with E-state index in [2.05, 4.69) is 102 Å². The fourth-order valence-corrected chi connectivity index (χ4v) is 9.00. The number of thiophene rings is 1. The van der Waals surface area contributed by atoms with Crippen molar-refractivity contribution in [1.29, 1.82) is 0 Å². The summed E-state index contributed by atoms with van der Waals surface area (Å²) in [6.45, 7) is 17.7. The molecule has 0 aliphatic heterocycles. The van der Waals surface area contributed by atoms with Gasteiger partial charge in [-0.05, 0) is 47.1 Å². The summed E-state index contributed by atoms with van der Waals surface area (Å²) in [6, 6.07) is 23.5. The van der Waals surface area contributed by atoms with Crippen molar-refractivity contribution in [2.24, 2.45) is 11.3 Å². The van der Waals surface area contributed by atoms with Crippen LogP contribution in [0.1, 0.15) is 79.4 Å². The largest absolute Gasteiger partial charge is 0.578 e. The number of fused-ring (bicyclic) bond motifs is 4. The molecule has 6 nitrogen and oxygen atoms in total. The number of benzene rings is 3. The van der Waals surface area contributed by atoms with Gasteiger partial charge in [0.1, 0.15) is 0 Å². The first-order valence-corrected chi connectivity index (χ1v) is 19.5. The zero-order valence-corrected chi connectivity index (χ0v) is 35.5. The van der Waals surface area contributed by atoms with Gasteiger partial charge in [0.2, 0.25) is 5.41 Å². The minimum absolute atomic E-state index is 0. The molecule has 0 aliphatic carbocycles. The van der Waals surface area contributed by atoms with Gasteiger partial charge in [-0.15, -0.1) is 40.5 Å². The summed E-state index contributed by atoms with van der Waals surface area (Å²) >= 11 is 1.89. The number of rotatable bonds is 10. The molecule has 0 unspecified atom stereocenters. The van der Waals surface area contributed by atoms with Crippen molar-refractivity contribution in [3.05, 3.63) is 89.8 Å². The van der Waals surface area contributed by atoms with Gasteiger partial charge in [-0.3, -0.25) is 9.78 Å². The number of allylic oxidation sites excluding steroid dienone is 2. The summed E-state index contributed by atoms with van der Waals surface area (Å²) in [7, 11) is 0.751. The average Bonchev–Trinajstić information content (AvgIpc) is 3.45. The van der Waals surface area contributed by atoms with Crippen LogP contribution in [0.5, 0.6) is 0 Å². The molecule has 50 heavy (non-hydrogen) atoms. The predicted molar refractivity (Wildman–Crippen MR) is 207 cm³/mol. The van der Waals surface area contributed by atoms with E-state index in [-0.39, 0.29) is 42.6 Å². The number of hydrogen-bond acceptors (Lipinski definition) is 7. The fourth-order valence-electron chi connectivity index (χ4n) is 6.26. The molecular formula is C41H52IrNO5SSi-. The maximum absolute atomic E-state index is 12.0. The zero-order valence-electron chi connectivity index (χ0n) is 31.3. The van der Waals surface area contributed by atoms with Crippen molar-refractivity contribution in [1.82, 2.24) is 4.98 Å². The van der Waals surface area contributed by atoms with Crippen LogP contribution in [0.4, 0.5) is 0 Å². The third-order valence-electron chi connectivity index (χ3n) is 8.85. The van der Waals surface area contributed by atoms with E-state index in [0.717, 1.165) is 35.9 Å². The molecule has 0 saturated heterocycles. The van der Waals surface area contributed by atoms with Crippen LogP contribution in [0.3, 0.4) is 0 Å². The molecule has 0 spiro atoms. The van der Waals surface area contributed by atoms with Crippen molar-refractivity contribution >= 4 is 56.5 Å². The van der Waals surface area contributed by atoms with Crippen molar-refractivity contribution in [2.45, 2.75) is 80.1 Å². The third-order valence-corrected chi connectivity index (χ3v) is 12.5. The van der Waals surface area contributed by atoms with Crippen LogP contribution in [0, 0.1) is 17.4 Å². The molecule has 5 aromatic rings. The SMILES string of the molecule is CC(C)(C)Cc1cccc2c1sc1c(-c3[c-]c4ccccc4c(C(C)(C)C)c3)nccc12.CCC(CC)/C(O)=C/C(=O)[Si](OC)(OC)OC.[Ir]. The molecule has 0 atom stereocenters. The first-order valence-electron chi connectivity index (χ1n) is 17.0. The summed E-state index contributed by atoms with van der Waals surface area (Å²) < 4.78 is 17.8. The van der Waals surface area contributed by atoms with Crippen molar-refractivity contribution in [2.75, 3.05) is 21.3 Å². The van der Waals surface area contributed by atoms with E-state index in [1.54, 1.807) is 0 Å². The molecule has 0 amide bonds. The molecule has 1 N–H and O–H groups in total. The third kappa shape index (κ3) is 9.18. The molecule has 2 heterocycles. The zero-order chi connectivity index (χ0) is 36.1. The van der Waals surface area contributed by atoms with Crippen LogP contribution in [0.15, 0.2) is 72.6 Å². The van der Waals surface area contributed by atoms with E-state index in [1.807, 2.05) is 31.4 Å². The summed E-state index contributed by atoms with van der Waals surface area (Å²) in [5.41, 5.74) is 5.19. The maximum atomic E-state index is 12.0. The van der Waals surface area contributed by atoms with Gasteiger partial charge in [0.15, 0.2) is 0 Å². The number of aliphatic hydroxyl groups is 1. The smallest absolute Gasteiger partial charge is 0.512 e. The van der Waals surface area contributed by atoms with Gasteiger partial charge in [-0.1, -0.05) is 103 Å². The predicted octanol–water partition coefficient (Wildman–Crippen LogP) is 10.8. The fraction of sp³-hybridized carbons (Fsp3) is 0.415. The summed E-state index contributed by atoms with van der Waals surface area (Å²) in [5, 5.41) is 14.5. The Morgan fingerprint density at radius 2 is 1.50 bits per heavy atom. The Hall–Kier alpha value is -2.75. The number of hydrogen-bond donors (Lipinski definition) is 1. The minimum Gasteiger partial charge on any atom is -0.512 e. The summed E-state index contributed by atoms with van der Waals surface area (Å²) in [5.74, 6) is 0.0410. The molecule has 9 heteroatoms. The minimum atomic E-state index is -3.33. The van der Waals surface area contributed by atoms with Gasteiger partial charge in [-0.25, -0.2) is 0 Å². The molecular weight excluding hydrogens is 839 g/mol. The number of pyridine rings is 1. The molecule has 2 aromatic heterocycles. The second-order valence-corrected chi connectivity index (χ2v) is 18.5. The second kappa shape index (κ2) is 17.2. The Morgan fingerprint density at radius 3 is 2.08 bits per heavy atom. The quantitative estimate of drug-likeness (QED) is 0.0651. The van der Waals surface area contributed by atoms with E-state index in [1.165, 1.54) is 64.1 Å². The van der Waals surface area contributed by atoms with Crippen LogP contribution in [-0.2, 0) is 50.0 Å². The molecule has 0 fully saturated rings. The van der Waals surface area contributed by atoms with E-state index < -0.39 is 14.2 Å². The first kappa shape index (κ1) is 41.7. The van der Waals surface area contributed by atoms with Crippen LogP contribution >= 0.6 is 11.3 Å². The summed E-state index contributed by atoms with van der Waals surface area (Å²) in [6.07, 6.45) is 5.73. The van der Waals surface area contributed by atoms with Gasteiger partial charge in [-0.2, -0.15) is 0 Å². The van der Waals surface area contributed by atoms with Crippen LogP contribution < -0.4 is 0 Å². The normalized spacial score (nSPS) is 12.7. The van der Waals surface area contributed by atoms with Crippen LogP contribution in [0.2, 0.25) is 0 Å². The van der Waals surface area contributed by atoms with Gasteiger partial charge < -0.3 is 18.4 Å². The molecule has 0 bridgehead atoms. The van der Waals surface area contributed by atoms with Gasteiger partial charge in [0, 0.05) is 80.1 Å². The number of aromatic nitrogens is 1. The van der Waals surface area contributed by atoms with Crippen molar-refractivity contribution < 1.29 is 43.3 Å². The van der Waals surface area contributed by atoms with Gasteiger partial charge >= 0.3 is 8.80 Å². The maximum Gasteiger partial charge on any atom is 0.578 e. The van der Waals surface area contributed by atoms with Gasteiger partial charge in [0.25, 0.3) is 0 Å². The second-order valence-electron chi connectivity index (χ2n) is 14.7. The van der Waals surface area contributed by atoms with E-state index in [4.69, 9.17) is 18.3 Å². The Morgan fingerprint density at radius 1 is 0.900 bits per heavy atom. The number of carbonyl (C=O) groups is 1. The van der Waals surface area contributed by atoms with Crippen molar-refractivity contribution in [3.63, 3.8) is 0 Å². The Kier molecular flexibility index (Phi) is 14.3. The number of aliphatic hydroxyl groups excluding tert-OH is 1. The monoisotopic (exact) mass is 891 g/mol. The number of carbonyl (C=O) groups excluding carboxylic acids is 1. The molecule has 3 aromatic carbocycles. The van der Waals surface area contributed by atoms with Crippen LogP contribution in [-0.4, -0.2) is 45.6 Å². The standard InChI is InChI=1S/C30H30NS.C11H22O5Si.Ir/c1-29(2,3)18-20-11-9-13-23-24-14-15-31-26(28(24)32-27(20)23)21-16-19-10-7-8-12-22(19)25(17-21)30(4,5)6;1-6-9(7-2)10(12)8-11(13)17(14-3,15-4)16-5;/h7-15,17H,18H2,1-6H3;8-9,12H,6-7H2,1-5H3;/q-1;;/b;10-8-;. The topological polar surface area (TPSA) is 77.9 Å². The van der Waals surface area contributed by atoms with E-state index >= 15 is 0 Å². The molecule has 0 saturated carbocycles. The van der Waals surface area contributed by atoms with E-state index in [0.29, 0.717) is 0 Å².